The number of carbonyl (C=O) groups excluding carboxylic acids is 1. The molecule has 4 heteroatoms. The van der Waals surface area contributed by atoms with Crippen LogP contribution in [0.5, 0.6) is 0 Å². The predicted molar refractivity (Wildman–Crippen MR) is 70.0 cm³/mol. The van der Waals surface area contributed by atoms with E-state index in [0.717, 1.165) is 30.9 Å². The van der Waals surface area contributed by atoms with Crippen LogP contribution >= 0.6 is 0 Å². The molecule has 1 aliphatic heterocycles. The number of likely N-dealkylation sites (tertiary alicyclic amines) is 1. The lowest BCUT2D eigenvalue weighted by atomic mass is 10.1. The molecule has 1 aliphatic rings. The molecule has 1 unspecified atom stereocenters. The van der Waals surface area contributed by atoms with Gasteiger partial charge in [0, 0.05) is 19.5 Å². The number of hydrogen-bond acceptors (Lipinski definition) is 3. The lowest BCUT2D eigenvalue weighted by Crippen LogP contribution is -2.38. The molecule has 0 bridgehead atoms. The molecule has 1 saturated heterocycles. The minimum absolute atomic E-state index is 0.220. The van der Waals surface area contributed by atoms with Gasteiger partial charge in [0.2, 0.25) is 5.91 Å². The highest BCUT2D eigenvalue weighted by molar-refractivity contribution is 5.76. The van der Waals surface area contributed by atoms with E-state index in [1.165, 1.54) is 12.8 Å². The van der Waals surface area contributed by atoms with Gasteiger partial charge >= 0.3 is 0 Å². The second-order valence-corrected chi connectivity index (χ2v) is 5.06. The Kier molecular flexibility index (Phi) is 4.42. The van der Waals surface area contributed by atoms with Gasteiger partial charge in [0.15, 0.2) is 0 Å². The first-order valence-corrected chi connectivity index (χ1v) is 6.76. The fourth-order valence-corrected chi connectivity index (χ4v) is 2.39. The molecule has 0 spiro atoms. The van der Waals surface area contributed by atoms with E-state index in [9.17, 15) is 4.79 Å². The Hall–Kier alpha value is -1.29. The molecule has 1 aromatic rings. The van der Waals surface area contributed by atoms with Crippen molar-refractivity contribution in [3.63, 3.8) is 0 Å². The lowest BCUT2D eigenvalue weighted by molar-refractivity contribution is -0.132. The monoisotopic (exact) mass is 250 g/mol. The van der Waals surface area contributed by atoms with Crippen LogP contribution in [0.4, 0.5) is 0 Å². The van der Waals surface area contributed by atoms with Crippen LogP contribution in [0, 0.1) is 6.92 Å². The molecule has 18 heavy (non-hydrogen) atoms. The van der Waals surface area contributed by atoms with Gasteiger partial charge < -0.3 is 15.1 Å². The highest BCUT2D eigenvalue weighted by Crippen LogP contribution is 2.18. The first-order valence-electron chi connectivity index (χ1n) is 6.76. The minimum atomic E-state index is -0.220. The van der Waals surface area contributed by atoms with Crippen molar-refractivity contribution in [3.05, 3.63) is 23.7 Å². The number of rotatable bonds is 3. The minimum Gasteiger partial charge on any atom is -0.465 e. The molecule has 2 heterocycles. The number of aryl methyl sites for hydroxylation is 1. The summed E-state index contributed by atoms with van der Waals surface area (Å²) in [6.07, 6.45) is 5.12. The van der Waals surface area contributed by atoms with Gasteiger partial charge in [-0.05, 0) is 31.9 Å². The number of hydrogen-bond donors (Lipinski definition) is 1. The van der Waals surface area contributed by atoms with Crippen molar-refractivity contribution in [3.8, 4) is 0 Å². The van der Waals surface area contributed by atoms with Crippen molar-refractivity contribution in [2.75, 3.05) is 13.1 Å². The zero-order chi connectivity index (χ0) is 13.0. The highest BCUT2D eigenvalue weighted by Gasteiger charge is 2.20. The second-order valence-electron chi connectivity index (χ2n) is 5.06. The zero-order valence-corrected chi connectivity index (χ0v) is 11.0. The molecule has 0 saturated carbocycles. The van der Waals surface area contributed by atoms with E-state index < -0.39 is 0 Å². The number of carbonyl (C=O) groups is 1. The van der Waals surface area contributed by atoms with Crippen LogP contribution in [0.15, 0.2) is 16.5 Å². The molecule has 2 N–H and O–H groups in total. The molecular weight excluding hydrogens is 228 g/mol. The van der Waals surface area contributed by atoms with Crippen molar-refractivity contribution in [1.82, 2.24) is 4.90 Å². The molecule has 1 fully saturated rings. The van der Waals surface area contributed by atoms with E-state index in [-0.39, 0.29) is 11.9 Å². The average Bonchev–Trinajstić information content (AvgIpc) is 2.75. The third kappa shape index (κ3) is 3.35. The van der Waals surface area contributed by atoms with E-state index in [1.54, 1.807) is 0 Å². The molecule has 1 aromatic heterocycles. The molecule has 2 rings (SSSR count). The summed E-state index contributed by atoms with van der Waals surface area (Å²) in [6, 6.07) is 3.58. The van der Waals surface area contributed by atoms with Gasteiger partial charge in [-0.15, -0.1) is 0 Å². The molecule has 0 aliphatic carbocycles. The first kappa shape index (κ1) is 13.1. The SMILES string of the molecule is Cc1ccc(C(N)CN2CCCCCCC2=O)o1. The molecule has 1 atom stereocenters. The van der Waals surface area contributed by atoms with E-state index in [2.05, 4.69) is 0 Å². The Labute approximate surface area is 108 Å². The summed E-state index contributed by atoms with van der Waals surface area (Å²) in [4.78, 5) is 13.9. The standard InChI is InChI=1S/C14H22N2O2/c1-11-7-8-13(18-11)12(15)10-16-9-5-3-2-4-6-14(16)17/h7-8,12H,2-6,9-10,15H2,1H3. The van der Waals surface area contributed by atoms with Gasteiger partial charge in [-0.25, -0.2) is 0 Å². The van der Waals surface area contributed by atoms with Gasteiger partial charge in [0.25, 0.3) is 0 Å². The topological polar surface area (TPSA) is 59.5 Å². The third-order valence-electron chi connectivity index (χ3n) is 3.47. The molecular formula is C14H22N2O2. The van der Waals surface area contributed by atoms with Gasteiger partial charge in [-0.3, -0.25) is 4.79 Å². The second kappa shape index (κ2) is 6.05. The zero-order valence-electron chi connectivity index (χ0n) is 11.0. The van der Waals surface area contributed by atoms with E-state index >= 15 is 0 Å². The Bertz CT molecular complexity index is 400. The van der Waals surface area contributed by atoms with Crippen molar-refractivity contribution in [2.45, 2.75) is 45.1 Å². The van der Waals surface area contributed by atoms with Crippen LogP contribution in [-0.4, -0.2) is 23.9 Å². The largest absolute Gasteiger partial charge is 0.465 e. The smallest absolute Gasteiger partial charge is 0.222 e. The normalized spacial score (nSPS) is 19.4. The highest BCUT2D eigenvalue weighted by atomic mass is 16.3. The third-order valence-corrected chi connectivity index (χ3v) is 3.47. The molecule has 0 radical (unpaired) electrons. The van der Waals surface area contributed by atoms with E-state index in [1.807, 2.05) is 24.0 Å². The molecule has 0 aromatic carbocycles. The lowest BCUT2D eigenvalue weighted by Gasteiger charge is -2.26. The summed E-state index contributed by atoms with van der Waals surface area (Å²) in [5, 5.41) is 0. The Morgan fingerprint density at radius 3 is 2.83 bits per heavy atom. The Morgan fingerprint density at radius 1 is 1.33 bits per heavy atom. The first-order chi connectivity index (χ1) is 8.66. The van der Waals surface area contributed by atoms with Crippen LogP contribution in [-0.2, 0) is 4.79 Å². The van der Waals surface area contributed by atoms with E-state index in [0.29, 0.717) is 13.0 Å². The van der Waals surface area contributed by atoms with Crippen molar-refractivity contribution in [1.29, 1.82) is 0 Å². The van der Waals surface area contributed by atoms with Crippen LogP contribution in [0.1, 0.15) is 49.7 Å². The molecule has 4 nitrogen and oxygen atoms in total. The Balaban J connectivity index is 1.95. The summed E-state index contributed by atoms with van der Waals surface area (Å²) >= 11 is 0. The van der Waals surface area contributed by atoms with Crippen molar-refractivity contribution >= 4 is 5.91 Å². The molecule has 1 amide bonds. The Morgan fingerprint density at radius 2 is 2.11 bits per heavy atom. The van der Waals surface area contributed by atoms with Crippen LogP contribution in [0.25, 0.3) is 0 Å². The summed E-state index contributed by atoms with van der Waals surface area (Å²) in [5.74, 6) is 1.86. The maximum atomic E-state index is 12.0. The van der Waals surface area contributed by atoms with Gasteiger partial charge in [-0.2, -0.15) is 0 Å². The van der Waals surface area contributed by atoms with Crippen molar-refractivity contribution in [2.24, 2.45) is 5.73 Å². The number of amides is 1. The maximum Gasteiger partial charge on any atom is 0.222 e. The fourth-order valence-electron chi connectivity index (χ4n) is 2.39. The van der Waals surface area contributed by atoms with Crippen LogP contribution in [0.2, 0.25) is 0 Å². The summed E-state index contributed by atoms with van der Waals surface area (Å²) in [7, 11) is 0. The average molecular weight is 250 g/mol. The van der Waals surface area contributed by atoms with E-state index in [4.69, 9.17) is 10.2 Å². The summed E-state index contributed by atoms with van der Waals surface area (Å²) < 4.78 is 5.52. The van der Waals surface area contributed by atoms with Crippen molar-refractivity contribution < 1.29 is 9.21 Å². The predicted octanol–water partition coefficient (Wildman–Crippen LogP) is 2.38. The number of nitrogens with two attached hydrogens (primary N) is 1. The van der Waals surface area contributed by atoms with Crippen LogP contribution in [0.3, 0.4) is 0 Å². The number of nitrogens with zero attached hydrogens (tertiary/aromatic N) is 1. The summed E-state index contributed by atoms with van der Waals surface area (Å²) in [6.45, 7) is 3.29. The van der Waals surface area contributed by atoms with Gasteiger partial charge in [0.05, 0.1) is 6.04 Å². The van der Waals surface area contributed by atoms with Gasteiger partial charge in [0.1, 0.15) is 11.5 Å². The molecule has 100 valence electrons. The van der Waals surface area contributed by atoms with Crippen LogP contribution < -0.4 is 5.73 Å². The fraction of sp³-hybridized carbons (Fsp3) is 0.643. The number of furan rings is 1. The van der Waals surface area contributed by atoms with Gasteiger partial charge in [-0.1, -0.05) is 12.8 Å². The quantitative estimate of drug-likeness (QED) is 0.896. The summed E-state index contributed by atoms with van der Waals surface area (Å²) in [5.41, 5.74) is 6.10. The maximum absolute atomic E-state index is 12.0.